The number of carbonyl (C=O) groups is 1. The smallest absolute Gasteiger partial charge is 0.256 e. The van der Waals surface area contributed by atoms with Gasteiger partial charge in [0.2, 0.25) is 0 Å². The SMILES string of the molecule is CNC1(C)CN2CC(C)C(C)([C-]=O)N2C1=O.[Y]. The summed E-state index contributed by atoms with van der Waals surface area (Å²) in [6.45, 7) is 6.97. The van der Waals surface area contributed by atoms with E-state index >= 15 is 0 Å². The number of carbonyl (C=O) groups excluding carboxylic acids is 2. The molecule has 1 N–H and O–H groups in total. The molecule has 0 aliphatic carbocycles. The van der Waals surface area contributed by atoms with Gasteiger partial charge in [-0.3, -0.25) is 9.80 Å². The molecule has 2 aliphatic heterocycles. The summed E-state index contributed by atoms with van der Waals surface area (Å²) in [6, 6.07) is 0. The number of hydrazine groups is 1. The third-order valence-corrected chi connectivity index (χ3v) is 4.09. The van der Waals surface area contributed by atoms with Crippen LogP contribution in [0.3, 0.4) is 0 Å². The van der Waals surface area contributed by atoms with E-state index in [2.05, 4.69) is 5.32 Å². The van der Waals surface area contributed by atoms with E-state index in [4.69, 9.17) is 0 Å². The van der Waals surface area contributed by atoms with Crippen LogP contribution in [0.25, 0.3) is 0 Å². The summed E-state index contributed by atoms with van der Waals surface area (Å²) in [6.07, 6.45) is 2.04. The topological polar surface area (TPSA) is 52.7 Å². The van der Waals surface area contributed by atoms with Crippen LogP contribution in [0.4, 0.5) is 0 Å². The van der Waals surface area contributed by atoms with Crippen molar-refractivity contribution in [2.45, 2.75) is 31.8 Å². The van der Waals surface area contributed by atoms with E-state index in [1.807, 2.05) is 25.1 Å². The van der Waals surface area contributed by atoms with Crippen molar-refractivity contribution in [3.05, 3.63) is 0 Å². The molecule has 0 spiro atoms. The molecule has 2 heterocycles. The van der Waals surface area contributed by atoms with Gasteiger partial charge in [-0.2, -0.15) is 0 Å². The van der Waals surface area contributed by atoms with Gasteiger partial charge in [0, 0.05) is 45.8 Å². The van der Waals surface area contributed by atoms with Gasteiger partial charge in [-0.1, -0.05) is 13.8 Å². The number of amides is 1. The van der Waals surface area contributed by atoms with Crippen LogP contribution < -0.4 is 5.32 Å². The van der Waals surface area contributed by atoms with E-state index in [9.17, 15) is 9.59 Å². The van der Waals surface area contributed by atoms with Gasteiger partial charge in [0.15, 0.2) is 0 Å². The first kappa shape index (κ1) is 15.2. The molecule has 0 bridgehead atoms. The predicted molar refractivity (Wildman–Crippen MR) is 59.1 cm³/mol. The Balaban J connectivity index is 0.00000144. The number of nitrogens with one attached hydrogen (secondary N) is 1. The minimum absolute atomic E-state index is 0. The maximum atomic E-state index is 12.3. The Labute approximate surface area is 127 Å². The fourth-order valence-electron chi connectivity index (χ4n) is 2.55. The molecule has 6 heteroatoms. The Kier molecular flexibility index (Phi) is 4.20. The van der Waals surface area contributed by atoms with Crippen molar-refractivity contribution < 1.29 is 42.3 Å². The van der Waals surface area contributed by atoms with Crippen molar-refractivity contribution >= 4 is 12.2 Å². The molecular formula is C11H18N3O2Y-. The second kappa shape index (κ2) is 4.69. The van der Waals surface area contributed by atoms with Crippen molar-refractivity contribution in [3.63, 3.8) is 0 Å². The molecule has 0 aromatic heterocycles. The Hall–Kier alpha value is 0.164. The Morgan fingerprint density at radius 2 is 2.06 bits per heavy atom. The van der Waals surface area contributed by atoms with Gasteiger partial charge in [0.25, 0.3) is 5.91 Å². The monoisotopic (exact) mass is 313 g/mol. The maximum absolute atomic E-state index is 12.3. The van der Waals surface area contributed by atoms with Crippen molar-refractivity contribution in [3.8, 4) is 0 Å². The number of fused-ring (bicyclic) bond motifs is 1. The minimum Gasteiger partial charge on any atom is -0.540 e. The Morgan fingerprint density at radius 1 is 1.47 bits per heavy atom. The molecule has 0 saturated carbocycles. The van der Waals surface area contributed by atoms with E-state index in [1.165, 1.54) is 0 Å². The van der Waals surface area contributed by atoms with Crippen molar-refractivity contribution in [2.75, 3.05) is 20.1 Å². The molecule has 3 atom stereocenters. The van der Waals surface area contributed by atoms with Crippen molar-refractivity contribution in [2.24, 2.45) is 5.92 Å². The van der Waals surface area contributed by atoms with Gasteiger partial charge in [-0.05, 0) is 25.4 Å². The van der Waals surface area contributed by atoms with E-state index in [0.717, 1.165) is 6.54 Å². The molecule has 93 valence electrons. The third kappa shape index (κ3) is 1.91. The molecule has 2 fully saturated rings. The first-order chi connectivity index (χ1) is 7.39. The van der Waals surface area contributed by atoms with Crippen molar-refractivity contribution in [1.82, 2.24) is 15.3 Å². The van der Waals surface area contributed by atoms with E-state index in [0.29, 0.717) is 6.54 Å². The quantitative estimate of drug-likeness (QED) is 0.701. The summed E-state index contributed by atoms with van der Waals surface area (Å²) >= 11 is 0. The zero-order valence-electron chi connectivity index (χ0n) is 10.8. The molecule has 1 amide bonds. The van der Waals surface area contributed by atoms with Crippen LogP contribution in [0.2, 0.25) is 0 Å². The molecule has 2 rings (SSSR count). The standard InChI is InChI=1S/C11H18N3O2.Y/c1-8-5-13-6-10(2,12-4)9(16)14(13)11(8,3)7-15;/h8,12H,5-6H2,1-4H3;/q-1;. The van der Waals surface area contributed by atoms with E-state index in [1.54, 1.807) is 19.0 Å². The van der Waals surface area contributed by atoms with E-state index < -0.39 is 11.1 Å². The van der Waals surface area contributed by atoms with Crippen LogP contribution in [0.5, 0.6) is 0 Å². The normalized spacial score (nSPS) is 41.3. The van der Waals surface area contributed by atoms with E-state index in [-0.39, 0.29) is 44.5 Å². The molecule has 5 nitrogen and oxygen atoms in total. The zero-order valence-corrected chi connectivity index (χ0v) is 13.6. The van der Waals surface area contributed by atoms with Gasteiger partial charge < -0.3 is 10.1 Å². The Bertz CT molecular complexity index is 352. The number of hydrogen-bond donors (Lipinski definition) is 1. The van der Waals surface area contributed by atoms with Gasteiger partial charge in [-0.25, -0.2) is 11.3 Å². The molecule has 2 aliphatic rings. The largest absolute Gasteiger partial charge is 0.540 e. The molecule has 17 heavy (non-hydrogen) atoms. The van der Waals surface area contributed by atoms with Crippen LogP contribution in [-0.2, 0) is 42.3 Å². The molecule has 0 aromatic carbocycles. The fraction of sp³-hybridized carbons (Fsp3) is 0.818. The first-order valence-electron chi connectivity index (χ1n) is 5.57. The van der Waals surface area contributed by atoms with Crippen LogP contribution in [0, 0.1) is 5.92 Å². The first-order valence-corrected chi connectivity index (χ1v) is 5.57. The van der Waals surface area contributed by atoms with Gasteiger partial charge in [0.05, 0.1) is 0 Å². The summed E-state index contributed by atoms with van der Waals surface area (Å²) in [7, 11) is 1.77. The summed E-state index contributed by atoms with van der Waals surface area (Å²) in [5, 5.41) is 6.57. The third-order valence-electron chi connectivity index (χ3n) is 4.09. The Morgan fingerprint density at radius 3 is 2.53 bits per heavy atom. The summed E-state index contributed by atoms with van der Waals surface area (Å²) in [5.74, 6) is 0.0838. The summed E-state index contributed by atoms with van der Waals surface area (Å²) < 4.78 is 0. The average Bonchev–Trinajstić information content (AvgIpc) is 2.64. The van der Waals surface area contributed by atoms with Gasteiger partial charge >= 0.3 is 0 Å². The van der Waals surface area contributed by atoms with Crippen LogP contribution in [-0.4, -0.2) is 53.4 Å². The zero-order chi connectivity index (χ0) is 12.1. The van der Waals surface area contributed by atoms with Crippen LogP contribution >= 0.6 is 0 Å². The molecule has 3 unspecified atom stereocenters. The van der Waals surface area contributed by atoms with Crippen LogP contribution in [0.15, 0.2) is 0 Å². The predicted octanol–water partition coefficient (Wildman–Crippen LogP) is -0.461. The number of nitrogens with zero attached hydrogens (tertiary/aromatic N) is 2. The molecule has 1 radical (unpaired) electrons. The molecule has 0 aromatic rings. The molecular weight excluding hydrogens is 295 g/mol. The van der Waals surface area contributed by atoms with Gasteiger partial charge in [-0.15, -0.1) is 0 Å². The average molecular weight is 313 g/mol. The second-order valence-electron chi connectivity index (χ2n) is 5.20. The summed E-state index contributed by atoms with van der Waals surface area (Å²) in [4.78, 5) is 23.5. The second-order valence-corrected chi connectivity index (χ2v) is 5.20. The summed E-state index contributed by atoms with van der Waals surface area (Å²) in [5.41, 5.74) is -1.40. The maximum Gasteiger partial charge on any atom is 0.256 e. The van der Waals surface area contributed by atoms with Gasteiger partial charge in [0.1, 0.15) is 5.54 Å². The number of likely N-dealkylation sites (N-methyl/N-ethyl adjacent to an activating group) is 1. The minimum atomic E-state index is -0.814. The number of hydrogen-bond acceptors (Lipinski definition) is 4. The number of rotatable bonds is 2. The van der Waals surface area contributed by atoms with Crippen molar-refractivity contribution in [1.29, 1.82) is 0 Å². The fourth-order valence-corrected chi connectivity index (χ4v) is 2.55. The van der Waals surface area contributed by atoms with Crippen LogP contribution in [0.1, 0.15) is 20.8 Å². The molecule has 2 saturated heterocycles.